The first-order valence-electron chi connectivity index (χ1n) is 11.3. The number of nitrogens with one attached hydrogen (secondary N) is 3. The summed E-state index contributed by atoms with van der Waals surface area (Å²) in [4.78, 5) is 60.7. The first kappa shape index (κ1) is 29.9. The summed E-state index contributed by atoms with van der Waals surface area (Å²) in [6, 6.07) is 4.06. The molecule has 5 atom stereocenters. The van der Waals surface area contributed by atoms with Gasteiger partial charge in [-0.25, -0.2) is 4.79 Å². The van der Waals surface area contributed by atoms with Crippen LogP contribution < -0.4 is 21.7 Å². The average Bonchev–Trinajstić information content (AvgIpc) is 2.83. The molecule has 0 aliphatic heterocycles. The van der Waals surface area contributed by atoms with Gasteiger partial charge in [0.25, 0.3) is 0 Å². The van der Waals surface area contributed by atoms with Gasteiger partial charge >= 0.3 is 11.9 Å². The van der Waals surface area contributed by atoms with E-state index in [-0.39, 0.29) is 24.5 Å². The zero-order chi connectivity index (χ0) is 26.5. The highest BCUT2D eigenvalue weighted by molar-refractivity contribution is 7.80. The van der Waals surface area contributed by atoms with E-state index >= 15 is 0 Å². The van der Waals surface area contributed by atoms with Crippen molar-refractivity contribution >= 4 is 42.3 Å². The molecule has 0 heterocycles. The molecule has 0 fully saturated rings. The van der Waals surface area contributed by atoms with Crippen LogP contribution in [0.2, 0.25) is 0 Å². The summed E-state index contributed by atoms with van der Waals surface area (Å²) in [5, 5.41) is 25.8. The van der Waals surface area contributed by atoms with Crippen LogP contribution in [0.3, 0.4) is 0 Å². The summed E-state index contributed by atoms with van der Waals surface area (Å²) >= 11 is 4.07. The Morgan fingerprint density at radius 3 is 1.97 bits per heavy atom. The minimum Gasteiger partial charge on any atom is -0.481 e. The van der Waals surface area contributed by atoms with Crippen molar-refractivity contribution in [2.24, 2.45) is 11.7 Å². The van der Waals surface area contributed by atoms with E-state index in [9.17, 15) is 29.1 Å². The van der Waals surface area contributed by atoms with E-state index in [0.29, 0.717) is 12.0 Å². The quantitative estimate of drug-likeness (QED) is 0.160. The number of benzene rings is 1. The second-order valence-corrected chi connectivity index (χ2v) is 8.60. The number of aliphatic carboxylic acids is 2. The molecule has 0 spiro atoms. The molecule has 0 bridgehead atoms. The Kier molecular flexibility index (Phi) is 12.8. The van der Waals surface area contributed by atoms with Gasteiger partial charge < -0.3 is 31.9 Å². The van der Waals surface area contributed by atoms with E-state index in [1.807, 2.05) is 6.92 Å². The minimum atomic E-state index is -1.26. The molecule has 35 heavy (non-hydrogen) atoms. The molecule has 1 aromatic rings. The summed E-state index contributed by atoms with van der Waals surface area (Å²) in [6.07, 6.45) is 0.00971. The van der Waals surface area contributed by atoms with Crippen LogP contribution in [0.1, 0.15) is 38.7 Å². The van der Waals surface area contributed by atoms with E-state index in [1.165, 1.54) is 0 Å². The fourth-order valence-corrected chi connectivity index (χ4v) is 3.36. The average molecular weight is 511 g/mol. The molecule has 7 N–H and O–H groups in total. The maximum Gasteiger partial charge on any atom is 0.326 e. The van der Waals surface area contributed by atoms with Gasteiger partial charge in [-0.2, -0.15) is 12.6 Å². The molecule has 3 amide bonds. The lowest BCUT2D eigenvalue weighted by Gasteiger charge is -2.25. The maximum atomic E-state index is 12.8. The first-order chi connectivity index (χ1) is 16.5. The van der Waals surface area contributed by atoms with Crippen molar-refractivity contribution in [2.45, 2.75) is 63.7 Å². The van der Waals surface area contributed by atoms with E-state index < -0.39 is 60.2 Å². The fourth-order valence-electron chi connectivity index (χ4n) is 3.11. The molecule has 11 nitrogen and oxygen atoms in total. The van der Waals surface area contributed by atoms with E-state index in [2.05, 4.69) is 28.6 Å². The van der Waals surface area contributed by atoms with Crippen molar-refractivity contribution in [1.29, 1.82) is 0 Å². The van der Waals surface area contributed by atoms with Crippen molar-refractivity contribution in [3.8, 4) is 0 Å². The molecule has 5 unspecified atom stereocenters. The van der Waals surface area contributed by atoms with Crippen molar-refractivity contribution in [2.75, 3.05) is 5.75 Å². The molecule has 0 saturated carbocycles. The molecule has 194 valence electrons. The molecular formula is C23H34N4O7S. The largest absolute Gasteiger partial charge is 0.481 e. The van der Waals surface area contributed by atoms with Gasteiger partial charge in [0.1, 0.15) is 18.1 Å². The highest BCUT2D eigenvalue weighted by Crippen LogP contribution is 2.08. The van der Waals surface area contributed by atoms with Gasteiger partial charge in [0.05, 0.1) is 6.04 Å². The number of carboxylic acids is 2. The standard InChI is InChI=1S/C23H34N4O7S/c1-3-13(2)19(24)22(32)25-15(9-10-18(28)29)20(30)27-17(12-35)21(31)26-16(23(33)34)11-14-7-5-4-6-8-14/h4-8,13,15-17,19,35H,3,9-12,24H2,1-2H3,(H,25,32)(H,26,31)(H,27,30)(H,28,29)(H,33,34). The Bertz CT molecular complexity index is 884. The van der Waals surface area contributed by atoms with Crippen molar-refractivity contribution in [1.82, 2.24) is 16.0 Å². The normalized spacial score (nSPS) is 15.1. The summed E-state index contributed by atoms with van der Waals surface area (Å²) in [5.74, 6) is -4.97. The first-order valence-corrected chi connectivity index (χ1v) is 11.9. The highest BCUT2D eigenvalue weighted by atomic mass is 32.1. The number of hydrogen-bond acceptors (Lipinski definition) is 7. The van der Waals surface area contributed by atoms with Crippen LogP contribution in [0.5, 0.6) is 0 Å². The maximum absolute atomic E-state index is 12.8. The van der Waals surface area contributed by atoms with Gasteiger partial charge in [0.15, 0.2) is 0 Å². The molecule has 0 saturated heterocycles. The number of hydrogen-bond donors (Lipinski definition) is 7. The minimum absolute atomic E-state index is 0.0277. The Hall–Kier alpha value is -3.12. The van der Waals surface area contributed by atoms with Crippen LogP contribution in [0.4, 0.5) is 0 Å². The predicted molar refractivity (Wildman–Crippen MR) is 132 cm³/mol. The van der Waals surface area contributed by atoms with Gasteiger partial charge in [-0.3, -0.25) is 19.2 Å². The molecule has 1 rings (SSSR count). The number of carbonyl (C=O) groups excluding carboxylic acids is 3. The van der Waals surface area contributed by atoms with E-state index in [4.69, 9.17) is 10.8 Å². The van der Waals surface area contributed by atoms with Crippen LogP contribution in [-0.2, 0) is 30.4 Å². The van der Waals surface area contributed by atoms with Crippen LogP contribution in [0, 0.1) is 5.92 Å². The highest BCUT2D eigenvalue weighted by Gasteiger charge is 2.30. The second-order valence-electron chi connectivity index (χ2n) is 8.24. The lowest BCUT2D eigenvalue weighted by atomic mass is 9.98. The van der Waals surface area contributed by atoms with Gasteiger partial charge in [0, 0.05) is 18.6 Å². The SMILES string of the molecule is CCC(C)C(N)C(=O)NC(CCC(=O)O)C(=O)NC(CS)C(=O)NC(Cc1ccccc1)C(=O)O. The fraction of sp³-hybridized carbons (Fsp3) is 0.522. The monoisotopic (exact) mass is 510 g/mol. The number of thiol groups is 1. The third kappa shape index (κ3) is 10.4. The van der Waals surface area contributed by atoms with Gasteiger partial charge in [0.2, 0.25) is 17.7 Å². The van der Waals surface area contributed by atoms with E-state index in [1.54, 1.807) is 37.3 Å². The Labute approximate surface area is 209 Å². The number of amides is 3. The van der Waals surface area contributed by atoms with Gasteiger partial charge in [-0.1, -0.05) is 50.6 Å². The van der Waals surface area contributed by atoms with Crippen molar-refractivity contribution in [3.05, 3.63) is 35.9 Å². The van der Waals surface area contributed by atoms with Crippen LogP contribution in [-0.4, -0.2) is 69.8 Å². The molecule has 1 aromatic carbocycles. The summed E-state index contributed by atoms with van der Waals surface area (Å²) in [7, 11) is 0. The third-order valence-electron chi connectivity index (χ3n) is 5.55. The summed E-state index contributed by atoms with van der Waals surface area (Å²) in [6.45, 7) is 3.62. The number of carboxylic acid groups (broad SMARTS) is 2. The molecule has 0 aromatic heterocycles. The van der Waals surface area contributed by atoms with Crippen LogP contribution >= 0.6 is 12.6 Å². The molecule has 0 aliphatic carbocycles. The lowest BCUT2D eigenvalue weighted by Crippen LogP contribution is -2.58. The third-order valence-corrected chi connectivity index (χ3v) is 5.92. The zero-order valence-electron chi connectivity index (χ0n) is 19.8. The molecule has 12 heteroatoms. The summed E-state index contributed by atoms with van der Waals surface area (Å²) < 4.78 is 0. The second kappa shape index (κ2) is 15.0. The molecular weight excluding hydrogens is 476 g/mol. The van der Waals surface area contributed by atoms with E-state index in [0.717, 1.165) is 0 Å². The number of carbonyl (C=O) groups is 5. The van der Waals surface area contributed by atoms with Gasteiger partial charge in [-0.15, -0.1) is 0 Å². The van der Waals surface area contributed by atoms with Gasteiger partial charge in [-0.05, 0) is 17.9 Å². The van der Waals surface area contributed by atoms with Crippen molar-refractivity contribution in [3.63, 3.8) is 0 Å². The predicted octanol–water partition coefficient (Wildman–Crippen LogP) is -0.0639. The smallest absolute Gasteiger partial charge is 0.326 e. The molecule has 0 radical (unpaired) electrons. The Morgan fingerprint density at radius 2 is 1.46 bits per heavy atom. The van der Waals surface area contributed by atoms with Crippen molar-refractivity contribution < 1.29 is 34.2 Å². The van der Waals surface area contributed by atoms with Crippen LogP contribution in [0.15, 0.2) is 30.3 Å². The Morgan fingerprint density at radius 1 is 0.914 bits per heavy atom. The lowest BCUT2D eigenvalue weighted by molar-refractivity contribution is -0.142. The number of rotatable bonds is 15. The topological polar surface area (TPSA) is 188 Å². The van der Waals surface area contributed by atoms with Crippen LogP contribution in [0.25, 0.3) is 0 Å². The summed E-state index contributed by atoms with van der Waals surface area (Å²) in [5.41, 5.74) is 6.60. The zero-order valence-corrected chi connectivity index (χ0v) is 20.7. The molecule has 0 aliphatic rings. The number of nitrogens with two attached hydrogens (primary N) is 1. The Balaban J connectivity index is 2.91.